The molecule has 1 fully saturated rings. The maximum Gasteiger partial charge on any atom is 0.231 e. The molecule has 0 aromatic carbocycles. The number of carbonyl (C=O) groups excluding carboxylic acids is 2. The highest BCUT2D eigenvalue weighted by Crippen LogP contribution is 2.31. The van der Waals surface area contributed by atoms with Crippen molar-refractivity contribution in [3.05, 3.63) is 5.01 Å². The fourth-order valence-electron chi connectivity index (χ4n) is 2.57. The van der Waals surface area contributed by atoms with E-state index in [0.717, 1.165) is 11.4 Å². The standard InChI is InChI=1S/C16H26N4O3S/c1-6-16(3,4)14-18-19-15(24-14)17-13(22)11-7-12(21)20(8-11)10(2)9-23-5/h10-11H,6-9H2,1-5H3,(H,17,19,22)/t10-,11+/m1/s1. The third-order valence-corrected chi connectivity index (χ3v) is 5.79. The highest BCUT2D eigenvalue weighted by molar-refractivity contribution is 7.15. The van der Waals surface area contributed by atoms with Gasteiger partial charge in [0.25, 0.3) is 0 Å². The van der Waals surface area contributed by atoms with Crippen molar-refractivity contribution in [3.8, 4) is 0 Å². The Bertz CT molecular complexity index is 602. The summed E-state index contributed by atoms with van der Waals surface area (Å²) in [5.74, 6) is -0.541. The molecule has 2 atom stereocenters. The van der Waals surface area contributed by atoms with Gasteiger partial charge in [-0.05, 0) is 13.3 Å². The predicted octanol–water partition coefficient (Wildman–Crippen LogP) is 2.05. The summed E-state index contributed by atoms with van der Waals surface area (Å²) in [6.07, 6.45) is 1.17. The van der Waals surface area contributed by atoms with Gasteiger partial charge >= 0.3 is 0 Å². The highest BCUT2D eigenvalue weighted by atomic mass is 32.1. The maximum absolute atomic E-state index is 12.4. The van der Waals surface area contributed by atoms with Gasteiger partial charge in [-0.15, -0.1) is 10.2 Å². The summed E-state index contributed by atoms with van der Waals surface area (Å²) in [6, 6.07) is -0.0289. The Labute approximate surface area is 146 Å². The van der Waals surface area contributed by atoms with E-state index in [2.05, 4.69) is 36.3 Å². The van der Waals surface area contributed by atoms with Gasteiger partial charge in [0.05, 0.1) is 18.6 Å². The lowest BCUT2D eigenvalue weighted by Gasteiger charge is -2.23. The lowest BCUT2D eigenvalue weighted by Crippen LogP contribution is -2.38. The largest absolute Gasteiger partial charge is 0.383 e. The number of methoxy groups -OCH3 is 1. The maximum atomic E-state index is 12.4. The Hall–Kier alpha value is -1.54. The third-order valence-electron chi connectivity index (χ3n) is 4.59. The fraction of sp³-hybridized carbons (Fsp3) is 0.750. The van der Waals surface area contributed by atoms with Crippen molar-refractivity contribution in [1.82, 2.24) is 15.1 Å². The molecule has 1 saturated heterocycles. The van der Waals surface area contributed by atoms with Crippen LogP contribution in [0.2, 0.25) is 0 Å². The Balaban J connectivity index is 1.97. The van der Waals surface area contributed by atoms with E-state index in [-0.39, 0.29) is 35.6 Å². The van der Waals surface area contributed by atoms with E-state index >= 15 is 0 Å². The van der Waals surface area contributed by atoms with Gasteiger partial charge in [-0.1, -0.05) is 32.1 Å². The number of hydrogen-bond acceptors (Lipinski definition) is 6. The first-order valence-corrected chi connectivity index (χ1v) is 9.03. The SMILES string of the molecule is CCC(C)(C)c1nnc(NC(=O)[C@H]2CC(=O)N([C@H](C)COC)C2)s1. The van der Waals surface area contributed by atoms with Crippen molar-refractivity contribution in [2.75, 3.05) is 25.6 Å². The summed E-state index contributed by atoms with van der Waals surface area (Å²) in [5, 5.41) is 12.4. The van der Waals surface area contributed by atoms with Crippen LogP contribution < -0.4 is 5.32 Å². The van der Waals surface area contributed by atoms with E-state index in [0.29, 0.717) is 18.3 Å². The molecule has 24 heavy (non-hydrogen) atoms. The van der Waals surface area contributed by atoms with Crippen molar-refractivity contribution in [1.29, 1.82) is 0 Å². The monoisotopic (exact) mass is 354 g/mol. The second kappa shape index (κ2) is 7.57. The first kappa shape index (κ1) is 18.8. The lowest BCUT2D eigenvalue weighted by molar-refractivity contribution is -0.130. The molecular weight excluding hydrogens is 328 g/mol. The van der Waals surface area contributed by atoms with E-state index in [1.165, 1.54) is 11.3 Å². The summed E-state index contributed by atoms with van der Waals surface area (Å²) >= 11 is 1.39. The Morgan fingerprint density at radius 1 is 1.50 bits per heavy atom. The number of anilines is 1. The molecule has 1 aliphatic heterocycles. The van der Waals surface area contributed by atoms with Crippen LogP contribution in [-0.4, -0.2) is 53.2 Å². The molecule has 1 aromatic rings. The molecule has 0 saturated carbocycles. The van der Waals surface area contributed by atoms with Crippen molar-refractivity contribution in [2.45, 2.75) is 52.0 Å². The summed E-state index contributed by atoms with van der Waals surface area (Å²) in [6.45, 7) is 9.10. The number of ether oxygens (including phenoxy) is 1. The molecule has 1 N–H and O–H groups in total. The summed E-state index contributed by atoms with van der Waals surface area (Å²) in [7, 11) is 1.60. The molecule has 2 amide bonds. The molecule has 134 valence electrons. The topological polar surface area (TPSA) is 84.4 Å². The number of likely N-dealkylation sites (tertiary alicyclic amines) is 1. The average molecular weight is 354 g/mol. The zero-order valence-corrected chi connectivity index (χ0v) is 15.8. The summed E-state index contributed by atoms with van der Waals surface area (Å²) in [4.78, 5) is 26.2. The molecular formula is C16H26N4O3S. The number of nitrogens with one attached hydrogen (secondary N) is 1. The Morgan fingerprint density at radius 2 is 2.21 bits per heavy atom. The number of hydrogen-bond donors (Lipinski definition) is 1. The number of carbonyl (C=O) groups is 2. The fourth-order valence-corrected chi connectivity index (χ4v) is 3.49. The van der Waals surface area contributed by atoms with Crippen LogP contribution in [0, 0.1) is 5.92 Å². The van der Waals surface area contributed by atoms with Crippen LogP contribution >= 0.6 is 11.3 Å². The smallest absolute Gasteiger partial charge is 0.231 e. The van der Waals surface area contributed by atoms with Crippen molar-refractivity contribution in [3.63, 3.8) is 0 Å². The predicted molar refractivity (Wildman–Crippen MR) is 93.0 cm³/mol. The van der Waals surface area contributed by atoms with Crippen LogP contribution in [-0.2, 0) is 19.7 Å². The van der Waals surface area contributed by atoms with Gasteiger partial charge in [0.2, 0.25) is 16.9 Å². The van der Waals surface area contributed by atoms with Gasteiger partial charge in [0.1, 0.15) is 5.01 Å². The molecule has 0 aliphatic carbocycles. The quantitative estimate of drug-likeness (QED) is 0.810. The van der Waals surface area contributed by atoms with Crippen LogP contribution in [0.4, 0.5) is 5.13 Å². The normalized spacial score (nSPS) is 19.6. The van der Waals surface area contributed by atoms with Gasteiger partial charge in [0, 0.05) is 25.5 Å². The molecule has 7 nitrogen and oxygen atoms in total. The molecule has 2 heterocycles. The summed E-state index contributed by atoms with van der Waals surface area (Å²) < 4.78 is 5.09. The van der Waals surface area contributed by atoms with Crippen LogP contribution in [0.15, 0.2) is 0 Å². The van der Waals surface area contributed by atoms with Gasteiger partial charge in [0.15, 0.2) is 0 Å². The minimum absolute atomic E-state index is 0.00947. The Morgan fingerprint density at radius 3 is 2.83 bits per heavy atom. The molecule has 1 aliphatic rings. The second-order valence-corrected chi connectivity index (χ2v) is 7.87. The molecule has 1 aromatic heterocycles. The van der Waals surface area contributed by atoms with Gasteiger partial charge < -0.3 is 15.0 Å². The molecule has 0 unspecified atom stereocenters. The van der Waals surface area contributed by atoms with E-state index in [1.54, 1.807) is 12.0 Å². The van der Waals surface area contributed by atoms with Crippen LogP contribution in [0.3, 0.4) is 0 Å². The van der Waals surface area contributed by atoms with E-state index in [9.17, 15) is 9.59 Å². The number of amides is 2. The zero-order chi connectivity index (χ0) is 17.9. The van der Waals surface area contributed by atoms with E-state index in [1.807, 2.05) is 6.92 Å². The minimum Gasteiger partial charge on any atom is -0.383 e. The van der Waals surface area contributed by atoms with Gasteiger partial charge in [-0.25, -0.2) is 0 Å². The Kier molecular flexibility index (Phi) is 5.92. The lowest BCUT2D eigenvalue weighted by atomic mass is 9.91. The van der Waals surface area contributed by atoms with E-state index < -0.39 is 0 Å². The second-order valence-electron chi connectivity index (χ2n) is 6.89. The van der Waals surface area contributed by atoms with Gasteiger partial charge in [-0.3, -0.25) is 9.59 Å². The average Bonchev–Trinajstić information content (AvgIpc) is 3.14. The number of rotatable bonds is 7. The van der Waals surface area contributed by atoms with Crippen LogP contribution in [0.5, 0.6) is 0 Å². The molecule has 0 spiro atoms. The van der Waals surface area contributed by atoms with Crippen LogP contribution in [0.1, 0.15) is 45.5 Å². The molecule has 8 heteroatoms. The van der Waals surface area contributed by atoms with E-state index in [4.69, 9.17) is 4.74 Å². The van der Waals surface area contributed by atoms with Crippen molar-refractivity contribution >= 4 is 28.3 Å². The molecule has 2 rings (SSSR count). The number of nitrogens with zero attached hydrogens (tertiary/aromatic N) is 3. The highest BCUT2D eigenvalue weighted by Gasteiger charge is 2.37. The molecule has 0 radical (unpaired) electrons. The molecule has 0 bridgehead atoms. The minimum atomic E-state index is -0.358. The number of aromatic nitrogens is 2. The first-order chi connectivity index (χ1) is 11.3. The first-order valence-electron chi connectivity index (χ1n) is 8.21. The third kappa shape index (κ3) is 4.10. The van der Waals surface area contributed by atoms with Crippen molar-refractivity contribution in [2.24, 2.45) is 5.92 Å². The van der Waals surface area contributed by atoms with Crippen LogP contribution in [0.25, 0.3) is 0 Å². The van der Waals surface area contributed by atoms with Gasteiger partial charge in [-0.2, -0.15) is 0 Å². The van der Waals surface area contributed by atoms with Crippen molar-refractivity contribution < 1.29 is 14.3 Å². The summed E-state index contributed by atoms with van der Waals surface area (Å²) in [5.41, 5.74) is -0.0592. The zero-order valence-electron chi connectivity index (χ0n) is 15.0.